The van der Waals surface area contributed by atoms with Crippen LogP contribution in [0.2, 0.25) is 0 Å². The number of nitrogens with one attached hydrogen (secondary N) is 1. The number of hydrogen-bond acceptors (Lipinski definition) is 4. The third-order valence-electron chi connectivity index (χ3n) is 1.96. The summed E-state index contributed by atoms with van der Waals surface area (Å²) in [6, 6.07) is -1.06. The van der Waals surface area contributed by atoms with Gasteiger partial charge >= 0.3 is 5.97 Å². The van der Waals surface area contributed by atoms with Crippen molar-refractivity contribution in [2.75, 3.05) is 6.54 Å². The summed E-state index contributed by atoms with van der Waals surface area (Å²) in [6.07, 6.45) is 3.71. The van der Waals surface area contributed by atoms with Crippen molar-refractivity contribution in [2.24, 2.45) is 5.73 Å². The molecule has 1 amide bonds. The van der Waals surface area contributed by atoms with Gasteiger partial charge in [0.1, 0.15) is 6.04 Å². The van der Waals surface area contributed by atoms with Crippen LogP contribution in [0, 0.1) is 0 Å². The van der Waals surface area contributed by atoms with Crippen LogP contribution in [0.15, 0.2) is 0 Å². The van der Waals surface area contributed by atoms with Crippen molar-refractivity contribution in [1.29, 1.82) is 0 Å². The van der Waals surface area contributed by atoms with Gasteiger partial charge in [0.25, 0.3) is 0 Å². The Morgan fingerprint density at radius 2 is 2.00 bits per heavy atom. The summed E-state index contributed by atoms with van der Waals surface area (Å²) >= 11 is 0. The Bertz CT molecular complexity index is 243. The van der Waals surface area contributed by atoms with E-state index in [4.69, 9.17) is 10.8 Å². The molecule has 16 heavy (non-hydrogen) atoms. The fourth-order valence-electron chi connectivity index (χ4n) is 1.17. The predicted octanol–water partition coefficient (Wildman–Crippen LogP) is -0.425. The van der Waals surface area contributed by atoms with Gasteiger partial charge in [-0.25, -0.2) is 0 Å². The van der Waals surface area contributed by atoms with Crippen LogP contribution in [-0.4, -0.2) is 35.9 Å². The summed E-state index contributed by atoms with van der Waals surface area (Å²) in [4.78, 5) is 31.9. The Labute approximate surface area is 94.2 Å². The number of unbranched alkanes of at least 4 members (excludes halogenated alkanes) is 2. The van der Waals surface area contributed by atoms with E-state index in [1.165, 1.54) is 6.29 Å². The Morgan fingerprint density at radius 3 is 2.50 bits per heavy atom. The van der Waals surface area contributed by atoms with E-state index >= 15 is 0 Å². The van der Waals surface area contributed by atoms with E-state index < -0.39 is 18.4 Å². The molecule has 0 heterocycles. The third kappa shape index (κ3) is 7.93. The second kappa shape index (κ2) is 8.84. The van der Waals surface area contributed by atoms with Crippen LogP contribution in [0.4, 0.5) is 0 Å². The standard InChI is InChI=1S/C10H17N2O4/c11-5-3-1-2-4-9(14)12-8(7-13)6-10(15)16/h8H,1-6,11H2,(H,12,14)(H,15,16). The van der Waals surface area contributed by atoms with Crippen LogP contribution in [0.5, 0.6) is 0 Å². The average Bonchev–Trinajstić information content (AvgIpc) is 2.23. The van der Waals surface area contributed by atoms with Crippen molar-refractivity contribution in [2.45, 2.75) is 38.1 Å². The number of nitrogens with two attached hydrogens (primary N) is 1. The minimum Gasteiger partial charge on any atom is -0.481 e. The minimum absolute atomic E-state index is 0.276. The van der Waals surface area contributed by atoms with Gasteiger partial charge in [0, 0.05) is 6.42 Å². The van der Waals surface area contributed by atoms with Gasteiger partial charge in [-0.1, -0.05) is 6.42 Å². The molecular weight excluding hydrogens is 212 g/mol. The van der Waals surface area contributed by atoms with E-state index in [0.29, 0.717) is 13.0 Å². The number of carbonyl (C=O) groups is 2. The molecule has 0 saturated carbocycles. The highest BCUT2D eigenvalue weighted by atomic mass is 16.4. The van der Waals surface area contributed by atoms with Crippen LogP contribution < -0.4 is 11.1 Å². The number of rotatable bonds is 9. The largest absolute Gasteiger partial charge is 0.481 e. The van der Waals surface area contributed by atoms with Crippen LogP contribution in [-0.2, 0) is 14.4 Å². The summed E-state index contributed by atoms with van der Waals surface area (Å²) in [5.41, 5.74) is 5.29. The van der Waals surface area contributed by atoms with Gasteiger partial charge < -0.3 is 16.2 Å². The topological polar surface area (TPSA) is 109 Å². The van der Waals surface area contributed by atoms with Gasteiger partial charge in [-0.3, -0.25) is 14.4 Å². The molecule has 0 aromatic heterocycles. The molecular formula is C10H17N2O4. The summed E-state index contributed by atoms with van der Waals surface area (Å²) in [5.74, 6) is -1.47. The highest BCUT2D eigenvalue weighted by Crippen LogP contribution is 1.99. The second-order valence-corrected chi connectivity index (χ2v) is 3.44. The van der Waals surface area contributed by atoms with E-state index in [-0.39, 0.29) is 12.3 Å². The lowest BCUT2D eigenvalue weighted by Crippen LogP contribution is -2.37. The Morgan fingerprint density at radius 1 is 1.31 bits per heavy atom. The van der Waals surface area contributed by atoms with Crippen molar-refractivity contribution in [3.05, 3.63) is 0 Å². The van der Waals surface area contributed by atoms with Crippen molar-refractivity contribution in [3.63, 3.8) is 0 Å². The maximum Gasteiger partial charge on any atom is 0.305 e. The number of amides is 1. The first-order valence-electron chi connectivity index (χ1n) is 5.19. The molecule has 0 bridgehead atoms. The van der Waals surface area contributed by atoms with Crippen LogP contribution in [0.1, 0.15) is 32.1 Å². The van der Waals surface area contributed by atoms with E-state index in [9.17, 15) is 14.4 Å². The van der Waals surface area contributed by atoms with E-state index in [2.05, 4.69) is 5.32 Å². The molecule has 0 aromatic rings. The van der Waals surface area contributed by atoms with E-state index in [0.717, 1.165) is 12.8 Å². The molecule has 1 radical (unpaired) electrons. The Kier molecular flexibility index (Phi) is 8.05. The molecule has 6 nitrogen and oxygen atoms in total. The molecule has 4 N–H and O–H groups in total. The summed E-state index contributed by atoms with van der Waals surface area (Å²) < 4.78 is 0. The number of carboxylic acids is 1. The summed E-state index contributed by atoms with van der Waals surface area (Å²) in [5, 5.41) is 10.7. The van der Waals surface area contributed by atoms with Crippen molar-refractivity contribution < 1.29 is 19.5 Å². The normalized spacial score (nSPS) is 11.8. The molecule has 0 aliphatic heterocycles. The van der Waals surface area contributed by atoms with Gasteiger partial charge in [0.05, 0.1) is 6.42 Å². The van der Waals surface area contributed by atoms with Crippen LogP contribution in [0.25, 0.3) is 0 Å². The number of aliphatic carboxylic acids is 1. The zero-order chi connectivity index (χ0) is 12.4. The van der Waals surface area contributed by atoms with E-state index in [1.54, 1.807) is 0 Å². The molecule has 0 aromatic carbocycles. The Balaban J connectivity index is 3.74. The minimum atomic E-state index is -1.14. The molecule has 0 rings (SSSR count). The highest BCUT2D eigenvalue weighted by molar-refractivity contribution is 5.82. The zero-order valence-electron chi connectivity index (χ0n) is 9.07. The first-order valence-corrected chi connectivity index (χ1v) is 5.19. The first kappa shape index (κ1) is 14.6. The molecule has 6 heteroatoms. The van der Waals surface area contributed by atoms with E-state index in [1.807, 2.05) is 0 Å². The van der Waals surface area contributed by atoms with Crippen molar-refractivity contribution in [3.8, 4) is 0 Å². The fraction of sp³-hybridized carbons (Fsp3) is 0.700. The van der Waals surface area contributed by atoms with Gasteiger partial charge in [-0.05, 0) is 19.4 Å². The number of carboxylic acid groups (broad SMARTS) is 1. The van der Waals surface area contributed by atoms with Gasteiger partial charge in [-0.15, -0.1) is 0 Å². The number of carbonyl (C=O) groups excluding carboxylic acids is 2. The fourth-order valence-corrected chi connectivity index (χ4v) is 1.17. The summed E-state index contributed by atoms with van der Waals surface area (Å²) in [7, 11) is 0. The second-order valence-electron chi connectivity index (χ2n) is 3.44. The third-order valence-corrected chi connectivity index (χ3v) is 1.96. The smallest absolute Gasteiger partial charge is 0.305 e. The molecule has 91 valence electrons. The quantitative estimate of drug-likeness (QED) is 0.465. The molecule has 0 spiro atoms. The van der Waals surface area contributed by atoms with Gasteiger partial charge in [-0.2, -0.15) is 0 Å². The molecule has 0 fully saturated rings. The monoisotopic (exact) mass is 229 g/mol. The lowest BCUT2D eigenvalue weighted by molar-refractivity contribution is -0.137. The molecule has 0 aliphatic carbocycles. The lowest BCUT2D eigenvalue weighted by Gasteiger charge is -2.09. The average molecular weight is 229 g/mol. The zero-order valence-corrected chi connectivity index (χ0v) is 9.07. The molecule has 1 atom stereocenters. The van der Waals surface area contributed by atoms with Gasteiger partial charge in [0.2, 0.25) is 12.2 Å². The van der Waals surface area contributed by atoms with Crippen molar-refractivity contribution >= 4 is 18.2 Å². The highest BCUT2D eigenvalue weighted by Gasteiger charge is 2.15. The molecule has 0 aliphatic rings. The van der Waals surface area contributed by atoms with Crippen molar-refractivity contribution in [1.82, 2.24) is 5.32 Å². The predicted molar refractivity (Wildman–Crippen MR) is 57.4 cm³/mol. The maximum absolute atomic E-state index is 11.2. The Hall–Kier alpha value is -1.43. The molecule has 0 saturated heterocycles. The van der Waals surface area contributed by atoms with Crippen LogP contribution in [0.3, 0.4) is 0 Å². The van der Waals surface area contributed by atoms with Crippen LogP contribution >= 0.6 is 0 Å². The SMILES string of the molecule is NCCCCCC(=O)NC([C]=O)CC(=O)O. The maximum atomic E-state index is 11.2. The first-order chi connectivity index (χ1) is 7.60. The van der Waals surface area contributed by atoms with Gasteiger partial charge in [0.15, 0.2) is 0 Å². The molecule has 1 unspecified atom stereocenters. The lowest BCUT2D eigenvalue weighted by atomic mass is 10.1. The number of hydrogen-bond donors (Lipinski definition) is 3. The summed E-state index contributed by atoms with van der Waals surface area (Å²) in [6.45, 7) is 0.589.